The predicted octanol–water partition coefficient (Wildman–Crippen LogP) is 3.33. The van der Waals surface area contributed by atoms with Gasteiger partial charge in [-0.2, -0.15) is 0 Å². The van der Waals surface area contributed by atoms with Crippen LogP contribution in [0.25, 0.3) is 0 Å². The highest BCUT2D eigenvalue weighted by atomic mass is 32.2. The molecule has 0 aliphatic heterocycles. The van der Waals surface area contributed by atoms with Crippen LogP contribution in [-0.2, 0) is 26.2 Å². The molecule has 1 atom stereocenters. The van der Waals surface area contributed by atoms with Crippen LogP contribution in [0.3, 0.4) is 0 Å². The lowest BCUT2D eigenvalue weighted by molar-refractivity contribution is -0.140. The molecule has 2 aromatic rings. The second-order valence-electron chi connectivity index (χ2n) is 8.86. The lowest BCUT2D eigenvalue weighted by Crippen LogP contribution is -2.53. The maximum absolute atomic E-state index is 13.7. The van der Waals surface area contributed by atoms with E-state index in [1.165, 1.54) is 12.0 Å². The standard InChI is InChI=1S/C26H35N3O5S/c1-4-22(26(31)27-21-14-8-9-15-21)28(18-20-12-6-5-7-13-20)25(30)19-29(35(3,32)33)23-16-10-11-17-24(23)34-2/h5-7,10-13,16-17,21-22H,4,8-9,14-15,18-19H2,1-3H3,(H,27,31). The summed E-state index contributed by atoms with van der Waals surface area (Å²) in [6.07, 6.45) is 5.49. The number of nitrogens with one attached hydrogen (secondary N) is 1. The van der Waals surface area contributed by atoms with Gasteiger partial charge in [0.15, 0.2) is 0 Å². The van der Waals surface area contributed by atoms with Gasteiger partial charge in [-0.05, 0) is 37.0 Å². The number of anilines is 1. The number of hydrogen-bond donors (Lipinski definition) is 1. The molecule has 0 bridgehead atoms. The summed E-state index contributed by atoms with van der Waals surface area (Å²) in [5, 5.41) is 3.10. The average molecular weight is 502 g/mol. The number of methoxy groups -OCH3 is 1. The molecule has 8 nitrogen and oxygen atoms in total. The zero-order chi connectivity index (χ0) is 25.4. The van der Waals surface area contributed by atoms with Crippen LogP contribution in [0, 0.1) is 0 Å². The Morgan fingerprint density at radius 3 is 2.29 bits per heavy atom. The van der Waals surface area contributed by atoms with E-state index in [0.29, 0.717) is 12.2 Å². The highest BCUT2D eigenvalue weighted by molar-refractivity contribution is 7.92. The van der Waals surface area contributed by atoms with Crippen molar-refractivity contribution in [3.05, 3.63) is 60.2 Å². The van der Waals surface area contributed by atoms with Gasteiger partial charge in [-0.3, -0.25) is 13.9 Å². The van der Waals surface area contributed by atoms with Crippen molar-refractivity contribution in [3.63, 3.8) is 0 Å². The zero-order valence-electron chi connectivity index (χ0n) is 20.6. The van der Waals surface area contributed by atoms with Crippen molar-refractivity contribution in [2.45, 2.75) is 57.7 Å². The van der Waals surface area contributed by atoms with Crippen LogP contribution in [0.1, 0.15) is 44.6 Å². The summed E-state index contributed by atoms with van der Waals surface area (Å²) in [5.41, 5.74) is 1.13. The molecule has 3 rings (SSSR count). The molecule has 1 N–H and O–H groups in total. The maximum Gasteiger partial charge on any atom is 0.244 e. The lowest BCUT2D eigenvalue weighted by atomic mass is 10.1. The summed E-state index contributed by atoms with van der Waals surface area (Å²) >= 11 is 0. The van der Waals surface area contributed by atoms with Crippen LogP contribution in [0.5, 0.6) is 5.75 Å². The second-order valence-corrected chi connectivity index (χ2v) is 10.8. The molecule has 1 unspecified atom stereocenters. The Morgan fingerprint density at radius 1 is 1.06 bits per heavy atom. The summed E-state index contributed by atoms with van der Waals surface area (Å²) in [6, 6.07) is 15.4. The first-order valence-corrected chi connectivity index (χ1v) is 13.8. The number of hydrogen-bond acceptors (Lipinski definition) is 5. The van der Waals surface area contributed by atoms with Gasteiger partial charge in [-0.25, -0.2) is 8.42 Å². The largest absolute Gasteiger partial charge is 0.495 e. The third-order valence-electron chi connectivity index (χ3n) is 6.32. The minimum absolute atomic E-state index is 0.117. The summed E-state index contributed by atoms with van der Waals surface area (Å²) in [5.74, 6) is -0.322. The van der Waals surface area contributed by atoms with Gasteiger partial charge in [0.1, 0.15) is 18.3 Å². The molecule has 35 heavy (non-hydrogen) atoms. The molecule has 1 aliphatic carbocycles. The van der Waals surface area contributed by atoms with Crippen molar-refractivity contribution in [3.8, 4) is 5.75 Å². The minimum Gasteiger partial charge on any atom is -0.495 e. The minimum atomic E-state index is -3.82. The Bertz CT molecular complexity index is 1100. The molecule has 9 heteroatoms. The Labute approximate surface area is 208 Å². The fourth-order valence-corrected chi connectivity index (χ4v) is 5.35. The fourth-order valence-electron chi connectivity index (χ4n) is 4.50. The van der Waals surface area contributed by atoms with E-state index in [4.69, 9.17) is 4.74 Å². The monoisotopic (exact) mass is 501 g/mol. The van der Waals surface area contributed by atoms with Gasteiger partial charge < -0.3 is 15.0 Å². The molecule has 1 aliphatic rings. The molecule has 0 spiro atoms. The SMILES string of the molecule is CCC(C(=O)NC1CCCC1)N(Cc1ccccc1)C(=O)CN(c1ccccc1OC)S(C)(=O)=O. The second kappa shape index (κ2) is 12.1. The number of benzene rings is 2. The van der Waals surface area contributed by atoms with E-state index in [-0.39, 0.29) is 24.2 Å². The molecule has 2 aromatic carbocycles. The molecule has 0 saturated heterocycles. The highest BCUT2D eigenvalue weighted by Gasteiger charge is 2.33. The van der Waals surface area contributed by atoms with E-state index in [9.17, 15) is 18.0 Å². The van der Waals surface area contributed by atoms with E-state index in [1.54, 1.807) is 24.3 Å². The number of ether oxygens (including phenoxy) is 1. The Kier molecular flexibility index (Phi) is 9.14. The average Bonchev–Trinajstić information content (AvgIpc) is 3.35. The quantitative estimate of drug-likeness (QED) is 0.510. The van der Waals surface area contributed by atoms with Crippen molar-refractivity contribution < 1.29 is 22.7 Å². The molecule has 0 heterocycles. The molecule has 2 amide bonds. The van der Waals surface area contributed by atoms with E-state index in [0.717, 1.165) is 41.8 Å². The predicted molar refractivity (Wildman–Crippen MR) is 137 cm³/mol. The smallest absolute Gasteiger partial charge is 0.244 e. The summed E-state index contributed by atoms with van der Waals surface area (Å²) in [4.78, 5) is 28.5. The number of amides is 2. The van der Waals surface area contributed by atoms with Crippen molar-refractivity contribution in [2.24, 2.45) is 0 Å². The Hall–Kier alpha value is -3.07. The number of carbonyl (C=O) groups is 2. The highest BCUT2D eigenvalue weighted by Crippen LogP contribution is 2.30. The van der Waals surface area contributed by atoms with Crippen LogP contribution in [-0.4, -0.2) is 57.1 Å². The molecule has 190 valence electrons. The van der Waals surface area contributed by atoms with E-state index >= 15 is 0 Å². The van der Waals surface area contributed by atoms with Gasteiger partial charge in [-0.15, -0.1) is 0 Å². The third-order valence-corrected chi connectivity index (χ3v) is 7.44. The molecular weight excluding hydrogens is 466 g/mol. The zero-order valence-corrected chi connectivity index (χ0v) is 21.5. The van der Waals surface area contributed by atoms with Crippen LogP contribution < -0.4 is 14.4 Å². The molecular formula is C26H35N3O5S. The first-order valence-electron chi connectivity index (χ1n) is 12.0. The first-order chi connectivity index (χ1) is 16.7. The van der Waals surface area contributed by atoms with Crippen LogP contribution in [0.4, 0.5) is 5.69 Å². The lowest BCUT2D eigenvalue weighted by Gasteiger charge is -2.33. The van der Waals surface area contributed by atoms with Gasteiger partial charge in [0.25, 0.3) is 0 Å². The van der Waals surface area contributed by atoms with Gasteiger partial charge in [0.2, 0.25) is 21.8 Å². The Morgan fingerprint density at radius 2 is 1.69 bits per heavy atom. The Balaban J connectivity index is 1.92. The summed E-state index contributed by atoms with van der Waals surface area (Å²) in [7, 11) is -2.37. The van der Waals surface area contributed by atoms with Gasteiger partial charge in [0, 0.05) is 12.6 Å². The van der Waals surface area contributed by atoms with Crippen LogP contribution in [0.2, 0.25) is 0 Å². The van der Waals surface area contributed by atoms with Gasteiger partial charge >= 0.3 is 0 Å². The summed E-state index contributed by atoms with van der Waals surface area (Å²) in [6.45, 7) is 1.61. The van der Waals surface area contributed by atoms with Crippen molar-refractivity contribution in [1.29, 1.82) is 0 Å². The van der Waals surface area contributed by atoms with Gasteiger partial charge in [0.05, 0.1) is 19.1 Å². The number of sulfonamides is 1. The number of nitrogens with zero attached hydrogens (tertiary/aromatic N) is 2. The third kappa shape index (κ3) is 6.97. The number of carbonyl (C=O) groups excluding carboxylic acids is 2. The fraction of sp³-hybridized carbons (Fsp3) is 0.462. The van der Waals surface area contributed by atoms with Crippen molar-refractivity contribution in [2.75, 3.05) is 24.2 Å². The first kappa shape index (κ1) is 26.5. The molecule has 0 radical (unpaired) electrons. The van der Waals surface area contributed by atoms with Crippen molar-refractivity contribution in [1.82, 2.24) is 10.2 Å². The molecule has 1 saturated carbocycles. The normalized spacial score (nSPS) is 14.8. The van der Waals surface area contributed by atoms with Gasteiger partial charge in [-0.1, -0.05) is 62.2 Å². The molecule has 1 fully saturated rings. The summed E-state index contributed by atoms with van der Waals surface area (Å²) < 4.78 is 31.9. The topological polar surface area (TPSA) is 96.0 Å². The van der Waals surface area contributed by atoms with E-state index < -0.39 is 28.5 Å². The van der Waals surface area contributed by atoms with Crippen molar-refractivity contribution >= 4 is 27.5 Å². The number of rotatable bonds is 11. The van der Waals surface area contributed by atoms with E-state index in [1.807, 2.05) is 37.3 Å². The van der Waals surface area contributed by atoms with E-state index in [2.05, 4.69) is 5.32 Å². The van der Waals surface area contributed by atoms with Crippen LogP contribution >= 0.6 is 0 Å². The number of para-hydroxylation sites is 2. The maximum atomic E-state index is 13.7. The molecule has 0 aromatic heterocycles. The van der Waals surface area contributed by atoms with Crippen LogP contribution in [0.15, 0.2) is 54.6 Å².